The van der Waals surface area contributed by atoms with Gasteiger partial charge < -0.3 is 14.1 Å². The highest BCUT2D eigenvalue weighted by molar-refractivity contribution is 7.98. The fraction of sp³-hybridized carbons (Fsp3) is 0.100. The first kappa shape index (κ1) is 17.4. The summed E-state index contributed by atoms with van der Waals surface area (Å²) in [6, 6.07) is 13.1. The Morgan fingerprint density at radius 1 is 1.19 bits per heavy atom. The molecule has 0 bridgehead atoms. The predicted molar refractivity (Wildman–Crippen MR) is 103 cm³/mol. The number of methoxy groups -OCH3 is 1. The highest BCUT2D eigenvalue weighted by Gasteiger charge is 2.10. The van der Waals surface area contributed by atoms with Crippen molar-refractivity contribution in [2.45, 2.75) is 10.9 Å². The zero-order valence-electron chi connectivity index (χ0n) is 14.4. The van der Waals surface area contributed by atoms with Crippen LogP contribution >= 0.6 is 11.8 Å². The van der Waals surface area contributed by atoms with E-state index in [1.165, 1.54) is 30.0 Å². The van der Waals surface area contributed by atoms with Crippen LogP contribution in [0.25, 0.3) is 22.2 Å². The Morgan fingerprint density at radius 2 is 2.00 bits per heavy atom. The van der Waals surface area contributed by atoms with Crippen molar-refractivity contribution >= 4 is 22.7 Å². The summed E-state index contributed by atoms with van der Waals surface area (Å²) in [5.41, 5.74) is 2.60. The van der Waals surface area contributed by atoms with E-state index in [0.29, 0.717) is 22.2 Å². The molecule has 0 aliphatic heterocycles. The van der Waals surface area contributed by atoms with Gasteiger partial charge in [0.2, 0.25) is 0 Å². The van der Waals surface area contributed by atoms with Gasteiger partial charge >= 0.3 is 5.63 Å². The first-order valence-electron chi connectivity index (χ1n) is 8.17. The van der Waals surface area contributed by atoms with E-state index in [2.05, 4.69) is 9.97 Å². The van der Waals surface area contributed by atoms with Gasteiger partial charge in [0.1, 0.15) is 17.1 Å². The summed E-state index contributed by atoms with van der Waals surface area (Å²) in [6.07, 6.45) is 1.71. The molecule has 0 spiro atoms. The van der Waals surface area contributed by atoms with Gasteiger partial charge in [-0.25, -0.2) is 14.2 Å². The van der Waals surface area contributed by atoms with Crippen molar-refractivity contribution in [1.29, 1.82) is 0 Å². The zero-order valence-corrected chi connectivity index (χ0v) is 15.2. The van der Waals surface area contributed by atoms with Gasteiger partial charge in [-0.1, -0.05) is 11.8 Å². The Balaban J connectivity index is 1.57. The van der Waals surface area contributed by atoms with Crippen LogP contribution < -0.4 is 10.4 Å². The van der Waals surface area contributed by atoms with Crippen molar-refractivity contribution in [3.8, 4) is 17.0 Å². The molecule has 5 nitrogen and oxygen atoms in total. The standard InChI is InChI=1S/C20H15FN2O3S/c1-25-15-6-7-16-13(8-19(24)26-18(16)9-15)11-27-20-22-10-17(23-20)12-2-4-14(21)5-3-12/h2-10H,11H2,1H3,(H,22,23). The summed E-state index contributed by atoms with van der Waals surface area (Å²) in [5, 5.41) is 1.57. The summed E-state index contributed by atoms with van der Waals surface area (Å²) in [5.74, 6) is 0.898. The van der Waals surface area contributed by atoms with Crippen LogP contribution in [0.2, 0.25) is 0 Å². The second-order valence-electron chi connectivity index (χ2n) is 5.85. The van der Waals surface area contributed by atoms with Crippen LogP contribution in [-0.4, -0.2) is 17.1 Å². The van der Waals surface area contributed by atoms with Crippen molar-refractivity contribution in [3.63, 3.8) is 0 Å². The molecule has 0 unspecified atom stereocenters. The number of aromatic nitrogens is 2. The summed E-state index contributed by atoms with van der Waals surface area (Å²) >= 11 is 1.47. The molecule has 2 heterocycles. The zero-order chi connectivity index (χ0) is 18.8. The smallest absolute Gasteiger partial charge is 0.336 e. The minimum absolute atomic E-state index is 0.278. The lowest BCUT2D eigenvalue weighted by molar-refractivity contribution is 0.414. The van der Waals surface area contributed by atoms with Gasteiger partial charge in [-0.2, -0.15) is 0 Å². The molecule has 0 saturated heterocycles. The van der Waals surface area contributed by atoms with E-state index in [-0.39, 0.29) is 5.82 Å². The molecule has 2 aromatic heterocycles. The number of nitrogens with one attached hydrogen (secondary N) is 1. The van der Waals surface area contributed by atoms with Gasteiger partial charge in [-0.05, 0) is 47.5 Å². The predicted octanol–water partition coefficient (Wildman–Crippen LogP) is 4.62. The Bertz CT molecular complexity index is 1150. The van der Waals surface area contributed by atoms with Crippen LogP contribution in [-0.2, 0) is 5.75 Å². The summed E-state index contributed by atoms with van der Waals surface area (Å²) in [7, 11) is 1.56. The summed E-state index contributed by atoms with van der Waals surface area (Å²) in [4.78, 5) is 19.4. The second kappa shape index (κ2) is 7.28. The summed E-state index contributed by atoms with van der Waals surface area (Å²) < 4.78 is 23.5. The van der Waals surface area contributed by atoms with Gasteiger partial charge in [0.25, 0.3) is 0 Å². The lowest BCUT2D eigenvalue weighted by Gasteiger charge is -2.06. The quantitative estimate of drug-likeness (QED) is 0.403. The number of hydrogen-bond donors (Lipinski definition) is 1. The fourth-order valence-corrected chi connectivity index (χ4v) is 3.60. The van der Waals surface area contributed by atoms with E-state index in [1.54, 1.807) is 31.5 Å². The Kier molecular flexibility index (Phi) is 4.68. The van der Waals surface area contributed by atoms with E-state index in [0.717, 1.165) is 22.2 Å². The monoisotopic (exact) mass is 382 g/mol. The third kappa shape index (κ3) is 3.73. The van der Waals surface area contributed by atoms with E-state index in [4.69, 9.17) is 9.15 Å². The van der Waals surface area contributed by atoms with Crippen molar-refractivity contribution in [2.24, 2.45) is 0 Å². The van der Waals surface area contributed by atoms with E-state index in [1.807, 2.05) is 12.1 Å². The number of halogens is 1. The van der Waals surface area contributed by atoms with Crippen molar-refractivity contribution in [1.82, 2.24) is 9.97 Å². The molecule has 4 aromatic rings. The van der Waals surface area contributed by atoms with Crippen molar-refractivity contribution < 1.29 is 13.5 Å². The van der Waals surface area contributed by atoms with E-state index < -0.39 is 5.63 Å². The number of rotatable bonds is 5. The van der Waals surface area contributed by atoms with Crippen LogP contribution in [0, 0.1) is 5.82 Å². The first-order valence-corrected chi connectivity index (χ1v) is 9.15. The maximum Gasteiger partial charge on any atom is 0.336 e. The average molecular weight is 382 g/mol. The Morgan fingerprint density at radius 3 is 2.78 bits per heavy atom. The van der Waals surface area contributed by atoms with Crippen LogP contribution in [0.4, 0.5) is 4.39 Å². The molecular weight excluding hydrogens is 367 g/mol. The number of aromatic amines is 1. The van der Waals surface area contributed by atoms with Gasteiger partial charge in [0.05, 0.1) is 19.0 Å². The topological polar surface area (TPSA) is 68.1 Å². The molecule has 4 rings (SSSR count). The maximum atomic E-state index is 13.1. The molecule has 136 valence electrons. The van der Waals surface area contributed by atoms with Crippen LogP contribution in [0.15, 0.2) is 69.1 Å². The van der Waals surface area contributed by atoms with Crippen LogP contribution in [0.3, 0.4) is 0 Å². The van der Waals surface area contributed by atoms with Gasteiger partial charge in [0, 0.05) is 23.3 Å². The minimum atomic E-state index is -0.405. The highest BCUT2D eigenvalue weighted by atomic mass is 32.2. The highest BCUT2D eigenvalue weighted by Crippen LogP contribution is 2.28. The Labute approximate surface area is 158 Å². The molecular formula is C20H15FN2O3S. The normalized spacial score (nSPS) is 11.0. The molecule has 0 aliphatic rings. The molecule has 0 atom stereocenters. The minimum Gasteiger partial charge on any atom is -0.497 e. The van der Waals surface area contributed by atoms with Gasteiger partial charge in [-0.15, -0.1) is 0 Å². The molecule has 2 aromatic carbocycles. The maximum absolute atomic E-state index is 13.1. The number of thioether (sulfide) groups is 1. The average Bonchev–Trinajstić information content (AvgIpc) is 3.15. The molecule has 0 fully saturated rings. The fourth-order valence-electron chi connectivity index (χ4n) is 2.76. The first-order chi connectivity index (χ1) is 13.1. The lowest BCUT2D eigenvalue weighted by atomic mass is 10.1. The number of imidazole rings is 1. The largest absolute Gasteiger partial charge is 0.497 e. The molecule has 0 amide bonds. The third-order valence-corrected chi connectivity index (χ3v) is 5.05. The SMILES string of the molecule is COc1ccc2c(CSc3ncc(-c4ccc(F)cc4)[nH]3)cc(=O)oc2c1. The number of hydrogen-bond acceptors (Lipinski definition) is 5. The van der Waals surface area contributed by atoms with Gasteiger partial charge in [-0.3, -0.25) is 0 Å². The number of nitrogens with zero attached hydrogens (tertiary/aromatic N) is 1. The van der Waals surface area contributed by atoms with Crippen LogP contribution in [0.5, 0.6) is 5.75 Å². The second-order valence-corrected chi connectivity index (χ2v) is 6.81. The van der Waals surface area contributed by atoms with E-state index in [9.17, 15) is 9.18 Å². The van der Waals surface area contributed by atoms with Crippen LogP contribution in [0.1, 0.15) is 5.56 Å². The number of benzene rings is 2. The summed E-state index contributed by atoms with van der Waals surface area (Å²) in [6.45, 7) is 0. The van der Waals surface area contributed by atoms with Gasteiger partial charge in [0.15, 0.2) is 5.16 Å². The number of ether oxygens (including phenoxy) is 1. The molecule has 0 radical (unpaired) electrons. The molecule has 1 N–H and O–H groups in total. The molecule has 0 saturated carbocycles. The lowest BCUT2D eigenvalue weighted by Crippen LogP contribution is -2.00. The van der Waals surface area contributed by atoms with Crippen molar-refractivity contribution in [3.05, 3.63) is 76.5 Å². The van der Waals surface area contributed by atoms with Crippen molar-refractivity contribution in [2.75, 3.05) is 7.11 Å². The number of H-pyrrole nitrogens is 1. The Hall–Kier alpha value is -3.06. The molecule has 7 heteroatoms. The molecule has 27 heavy (non-hydrogen) atoms. The van der Waals surface area contributed by atoms with E-state index >= 15 is 0 Å². The number of fused-ring (bicyclic) bond motifs is 1. The molecule has 0 aliphatic carbocycles. The third-order valence-electron chi connectivity index (χ3n) is 4.11.